The van der Waals surface area contributed by atoms with Crippen molar-refractivity contribution in [1.82, 2.24) is 10.3 Å². The van der Waals surface area contributed by atoms with Gasteiger partial charge in [0.2, 0.25) is 0 Å². The number of nitrogens with one attached hydrogen (secondary N) is 2. The predicted molar refractivity (Wildman–Crippen MR) is 115 cm³/mol. The van der Waals surface area contributed by atoms with Gasteiger partial charge in [-0.15, -0.1) is 0 Å². The zero-order valence-electron chi connectivity index (χ0n) is 16.6. The molecular weight excluding hydrogens is 418 g/mol. The number of amides is 1. The normalized spacial score (nSPS) is 12.8. The molecule has 4 rings (SSSR count). The molecule has 31 heavy (non-hydrogen) atoms. The molecule has 1 aromatic heterocycles. The van der Waals surface area contributed by atoms with Crippen LogP contribution >= 0.6 is 0 Å². The Morgan fingerprint density at radius 2 is 1.81 bits per heavy atom. The van der Waals surface area contributed by atoms with E-state index in [1.165, 1.54) is 18.2 Å². The second-order valence-corrected chi connectivity index (χ2v) is 8.50. The first-order valence-electron chi connectivity index (χ1n) is 9.72. The largest absolute Gasteiger partial charge is 0.486 e. The highest BCUT2D eigenvalue weighted by Crippen LogP contribution is 2.32. The standard InChI is InChI=1S/C22H21N3O5S/c26-22(24-11-9-17-5-1-2-10-23-17)16-4-3-6-18(14-16)25-31(27,28)19-7-8-20-21(15-19)30-13-12-29-20/h1-8,10,14-15,25H,9,11-13H2,(H,24,26). The summed E-state index contributed by atoms with van der Waals surface area (Å²) in [5.74, 6) is 0.598. The second-order valence-electron chi connectivity index (χ2n) is 6.82. The third-order valence-corrected chi connectivity index (χ3v) is 5.97. The van der Waals surface area contributed by atoms with Crippen molar-refractivity contribution in [2.45, 2.75) is 11.3 Å². The summed E-state index contributed by atoms with van der Waals surface area (Å²) in [6.07, 6.45) is 2.30. The van der Waals surface area contributed by atoms with Crippen molar-refractivity contribution < 1.29 is 22.7 Å². The fourth-order valence-corrected chi connectivity index (χ4v) is 4.15. The lowest BCUT2D eigenvalue weighted by molar-refractivity contribution is 0.0954. The molecule has 0 saturated carbocycles. The summed E-state index contributed by atoms with van der Waals surface area (Å²) in [7, 11) is -3.87. The van der Waals surface area contributed by atoms with E-state index < -0.39 is 10.0 Å². The molecule has 0 unspecified atom stereocenters. The third kappa shape index (κ3) is 5.13. The minimum absolute atomic E-state index is 0.0435. The van der Waals surface area contributed by atoms with Gasteiger partial charge in [0, 0.05) is 42.2 Å². The lowest BCUT2D eigenvalue weighted by atomic mass is 10.2. The summed E-state index contributed by atoms with van der Waals surface area (Å²) in [6, 6.07) is 16.4. The van der Waals surface area contributed by atoms with Gasteiger partial charge in [-0.2, -0.15) is 0 Å². The molecule has 0 bridgehead atoms. The van der Waals surface area contributed by atoms with Crippen LogP contribution in [0.15, 0.2) is 71.8 Å². The number of carbonyl (C=O) groups excluding carboxylic acids is 1. The summed E-state index contributed by atoms with van der Waals surface area (Å²) in [4.78, 5) is 16.7. The van der Waals surface area contributed by atoms with Crippen molar-refractivity contribution in [2.24, 2.45) is 0 Å². The van der Waals surface area contributed by atoms with Gasteiger partial charge in [0.15, 0.2) is 11.5 Å². The number of rotatable bonds is 7. The van der Waals surface area contributed by atoms with Crippen LogP contribution in [-0.2, 0) is 16.4 Å². The molecule has 9 heteroatoms. The van der Waals surface area contributed by atoms with E-state index in [0.29, 0.717) is 43.2 Å². The van der Waals surface area contributed by atoms with Gasteiger partial charge in [-0.25, -0.2) is 8.42 Å². The Morgan fingerprint density at radius 3 is 2.61 bits per heavy atom. The minimum atomic E-state index is -3.87. The van der Waals surface area contributed by atoms with E-state index in [-0.39, 0.29) is 16.5 Å². The predicted octanol–water partition coefficient (Wildman–Crippen LogP) is 2.63. The van der Waals surface area contributed by atoms with Crippen molar-refractivity contribution in [3.8, 4) is 11.5 Å². The molecule has 1 amide bonds. The Bertz CT molecular complexity index is 1180. The summed E-state index contributed by atoms with van der Waals surface area (Å²) < 4.78 is 38.9. The molecule has 2 N–H and O–H groups in total. The smallest absolute Gasteiger partial charge is 0.262 e. The second kappa shape index (κ2) is 9.05. The van der Waals surface area contributed by atoms with E-state index >= 15 is 0 Å². The number of hydrogen-bond donors (Lipinski definition) is 2. The number of sulfonamides is 1. The number of benzene rings is 2. The van der Waals surface area contributed by atoms with Crippen LogP contribution in [0.3, 0.4) is 0 Å². The lowest BCUT2D eigenvalue weighted by Crippen LogP contribution is -2.26. The Kier molecular flexibility index (Phi) is 6.03. The fraction of sp³-hybridized carbons (Fsp3) is 0.182. The van der Waals surface area contributed by atoms with E-state index in [1.807, 2.05) is 18.2 Å². The van der Waals surface area contributed by atoms with Crippen LogP contribution in [-0.4, -0.2) is 39.1 Å². The number of carbonyl (C=O) groups is 1. The van der Waals surface area contributed by atoms with Crippen LogP contribution in [0.25, 0.3) is 0 Å². The average molecular weight is 439 g/mol. The topological polar surface area (TPSA) is 107 Å². The molecule has 0 atom stereocenters. The van der Waals surface area contributed by atoms with Crippen molar-refractivity contribution in [2.75, 3.05) is 24.5 Å². The third-order valence-electron chi connectivity index (χ3n) is 4.59. The number of nitrogens with zero attached hydrogens (tertiary/aromatic N) is 1. The lowest BCUT2D eigenvalue weighted by Gasteiger charge is -2.19. The Hall–Kier alpha value is -3.59. The maximum absolute atomic E-state index is 12.8. The molecule has 3 aromatic rings. The highest BCUT2D eigenvalue weighted by molar-refractivity contribution is 7.92. The van der Waals surface area contributed by atoms with Gasteiger partial charge >= 0.3 is 0 Å². The number of hydrogen-bond acceptors (Lipinski definition) is 6. The van der Waals surface area contributed by atoms with E-state index in [0.717, 1.165) is 5.69 Å². The quantitative estimate of drug-likeness (QED) is 0.586. The first-order valence-corrected chi connectivity index (χ1v) is 11.2. The number of fused-ring (bicyclic) bond motifs is 1. The molecule has 0 radical (unpaired) electrons. The average Bonchev–Trinajstić information content (AvgIpc) is 2.79. The molecule has 160 valence electrons. The van der Waals surface area contributed by atoms with E-state index in [9.17, 15) is 13.2 Å². The fourth-order valence-electron chi connectivity index (χ4n) is 3.08. The minimum Gasteiger partial charge on any atom is -0.486 e. The van der Waals surface area contributed by atoms with Gasteiger partial charge in [-0.05, 0) is 42.5 Å². The van der Waals surface area contributed by atoms with Crippen molar-refractivity contribution in [3.63, 3.8) is 0 Å². The van der Waals surface area contributed by atoms with Gasteiger partial charge in [-0.3, -0.25) is 14.5 Å². The maximum atomic E-state index is 12.8. The van der Waals surface area contributed by atoms with Crippen LogP contribution in [0.5, 0.6) is 11.5 Å². The number of anilines is 1. The highest BCUT2D eigenvalue weighted by atomic mass is 32.2. The number of aromatic nitrogens is 1. The van der Waals surface area contributed by atoms with Crippen LogP contribution in [0, 0.1) is 0 Å². The van der Waals surface area contributed by atoms with Gasteiger partial charge in [0.25, 0.3) is 15.9 Å². The summed E-state index contributed by atoms with van der Waals surface area (Å²) in [5.41, 5.74) is 1.51. The summed E-state index contributed by atoms with van der Waals surface area (Å²) in [6.45, 7) is 1.21. The highest BCUT2D eigenvalue weighted by Gasteiger charge is 2.20. The molecule has 1 aliphatic heterocycles. The van der Waals surface area contributed by atoms with Gasteiger partial charge in [0.1, 0.15) is 13.2 Å². The van der Waals surface area contributed by atoms with Gasteiger partial charge in [-0.1, -0.05) is 12.1 Å². The SMILES string of the molecule is O=C(NCCc1ccccn1)c1cccc(NS(=O)(=O)c2ccc3c(c2)OCCO3)c1. The van der Waals surface area contributed by atoms with E-state index in [1.54, 1.807) is 30.5 Å². The Labute approximate surface area is 180 Å². The van der Waals surface area contributed by atoms with Gasteiger partial charge < -0.3 is 14.8 Å². The van der Waals surface area contributed by atoms with Crippen molar-refractivity contribution in [1.29, 1.82) is 0 Å². The van der Waals surface area contributed by atoms with Gasteiger partial charge in [0.05, 0.1) is 4.90 Å². The van der Waals surface area contributed by atoms with Crippen LogP contribution in [0.2, 0.25) is 0 Å². The molecule has 0 spiro atoms. The van der Waals surface area contributed by atoms with Crippen LogP contribution in [0.1, 0.15) is 16.1 Å². The Balaban J connectivity index is 1.42. The van der Waals surface area contributed by atoms with Crippen LogP contribution in [0.4, 0.5) is 5.69 Å². The zero-order valence-corrected chi connectivity index (χ0v) is 17.4. The molecule has 1 aliphatic rings. The maximum Gasteiger partial charge on any atom is 0.262 e. The molecule has 0 saturated heterocycles. The van der Waals surface area contributed by atoms with Crippen molar-refractivity contribution in [3.05, 3.63) is 78.1 Å². The number of pyridine rings is 1. The first kappa shape index (κ1) is 20.7. The molecule has 8 nitrogen and oxygen atoms in total. The Morgan fingerprint density at radius 1 is 0.968 bits per heavy atom. The van der Waals surface area contributed by atoms with E-state index in [4.69, 9.17) is 9.47 Å². The van der Waals surface area contributed by atoms with Crippen molar-refractivity contribution >= 4 is 21.6 Å². The molecule has 0 aliphatic carbocycles. The number of ether oxygens (including phenoxy) is 2. The zero-order chi connectivity index (χ0) is 21.7. The van der Waals surface area contributed by atoms with E-state index in [2.05, 4.69) is 15.0 Å². The summed E-state index contributed by atoms with van der Waals surface area (Å²) >= 11 is 0. The molecular formula is C22H21N3O5S. The molecule has 0 fully saturated rings. The molecule has 2 aromatic carbocycles. The molecule has 2 heterocycles. The monoisotopic (exact) mass is 439 g/mol. The first-order chi connectivity index (χ1) is 15.0. The summed E-state index contributed by atoms with van der Waals surface area (Å²) in [5, 5.41) is 2.82. The van der Waals surface area contributed by atoms with Crippen LogP contribution < -0.4 is 19.5 Å².